The SMILES string of the molecule is CCCNC(c1ccccc1OC(C)C)c1occc1C. The van der Waals surface area contributed by atoms with Crippen LogP contribution < -0.4 is 10.1 Å². The maximum atomic E-state index is 5.96. The van der Waals surface area contributed by atoms with E-state index in [1.165, 1.54) is 0 Å². The van der Waals surface area contributed by atoms with Crippen LogP contribution in [0, 0.1) is 6.92 Å². The summed E-state index contributed by atoms with van der Waals surface area (Å²) in [5, 5.41) is 3.57. The van der Waals surface area contributed by atoms with E-state index in [0.717, 1.165) is 35.6 Å². The molecule has 0 bridgehead atoms. The fourth-order valence-electron chi connectivity index (χ4n) is 2.39. The van der Waals surface area contributed by atoms with Crippen LogP contribution in [0.15, 0.2) is 41.0 Å². The largest absolute Gasteiger partial charge is 0.491 e. The number of benzene rings is 1. The van der Waals surface area contributed by atoms with Gasteiger partial charge in [0.15, 0.2) is 0 Å². The maximum Gasteiger partial charge on any atom is 0.128 e. The van der Waals surface area contributed by atoms with E-state index in [9.17, 15) is 0 Å². The molecule has 0 aliphatic heterocycles. The number of ether oxygens (including phenoxy) is 1. The average molecular weight is 287 g/mol. The van der Waals surface area contributed by atoms with Crippen LogP contribution in [-0.2, 0) is 0 Å². The van der Waals surface area contributed by atoms with Crippen LogP contribution in [0.2, 0.25) is 0 Å². The van der Waals surface area contributed by atoms with Crippen LogP contribution in [-0.4, -0.2) is 12.6 Å². The molecule has 21 heavy (non-hydrogen) atoms. The number of nitrogens with one attached hydrogen (secondary N) is 1. The fraction of sp³-hybridized carbons (Fsp3) is 0.444. The van der Waals surface area contributed by atoms with Crippen molar-refractivity contribution in [2.45, 2.75) is 46.3 Å². The molecule has 0 radical (unpaired) electrons. The number of furan rings is 1. The molecule has 1 heterocycles. The van der Waals surface area contributed by atoms with Gasteiger partial charge >= 0.3 is 0 Å². The zero-order valence-electron chi connectivity index (χ0n) is 13.3. The van der Waals surface area contributed by atoms with Gasteiger partial charge in [-0.05, 0) is 51.4 Å². The van der Waals surface area contributed by atoms with Gasteiger partial charge < -0.3 is 14.5 Å². The Morgan fingerprint density at radius 3 is 2.57 bits per heavy atom. The van der Waals surface area contributed by atoms with Crippen LogP contribution >= 0.6 is 0 Å². The molecule has 0 fully saturated rings. The molecule has 0 amide bonds. The summed E-state index contributed by atoms with van der Waals surface area (Å²) < 4.78 is 11.7. The van der Waals surface area contributed by atoms with Gasteiger partial charge in [-0.15, -0.1) is 0 Å². The molecule has 0 aliphatic rings. The fourth-order valence-corrected chi connectivity index (χ4v) is 2.39. The summed E-state index contributed by atoms with van der Waals surface area (Å²) in [6, 6.07) is 10.2. The van der Waals surface area contributed by atoms with Crippen molar-refractivity contribution >= 4 is 0 Å². The molecule has 1 aromatic heterocycles. The van der Waals surface area contributed by atoms with Crippen molar-refractivity contribution in [1.29, 1.82) is 0 Å². The van der Waals surface area contributed by atoms with E-state index < -0.39 is 0 Å². The first-order valence-electron chi connectivity index (χ1n) is 7.66. The highest BCUT2D eigenvalue weighted by atomic mass is 16.5. The van der Waals surface area contributed by atoms with Crippen LogP contribution in [0.4, 0.5) is 0 Å². The van der Waals surface area contributed by atoms with Crippen LogP contribution in [0.1, 0.15) is 50.1 Å². The van der Waals surface area contributed by atoms with Crippen molar-refractivity contribution in [3.63, 3.8) is 0 Å². The average Bonchev–Trinajstić information content (AvgIpc) is 2.87. The van der Waals surface area contributed by atoms with Crippen LogP contribution in [0.25, 0.3) is 0 Å². The quantitative estimate of drug-likeness (QED) is 0.816. The maximum absolute atomic E-state index is 5.96. The van der Waals surface area contributed by atoms with E-state index in [-0.39, 0.29) is 12.1 Å². The van der Waals surface area contributed by atoms with Crippen molar-refractivity contribution in [1.82, 2.24) is 5.32 Å². The molecule has 114 valence electrons. The number of hydrogen-bond acceptors (Lipinski definition) is 3. The monoisotopic (exact) mass is 287 g/mol. The van der Waals surface area contributed by atoms with E-state index in [2.05, 4.69) is 25.2 Å². The van der Waals surface area contributed by atoms with Crippen LogP contribution in [0.5, 0.6) is 5.75 Å². The molecule has 2 aromatic rings. The van der Waals surface area contributed by atoms with Gasteiger partial charge in [-0.2, -0.15) is 0 Å². The third-order valence-electron chi connectivity index (χ3n) is 3.36. The van der Waals surface area contributed by atoms with Crippen molar-refractivity contribution in [2.75, 3.05) is 6.54 Å². The summed E-state index contributed by atoms with van der Waals surface area (Å²) in [5.41, 5.74) is 2.28. The van der Waals surface area contributed by atoms with E-state index in [0.29, 0.717) is 0 Å². The first-order valence-corrected chi connectivity index (χ1v) is 7.66. The first-order chi connectivity index (χ1) is 10.1. The Morgan fingerprint density at radius 2 is 1.95 bits per heavy atom. The zero-order chi connectivity index (χ0) is 15.2. The molecule has 1 atom stereocenters. The molecule has 1 aromatic carbocycles. The highest BCUT2D eigenvalue weighted by Gasteiger charge is 2.22. The Balaban J connectivity index is 2.39. The Kier molecular flexibility index (Phi) is 5.45. The minimum Gasteiger partial charge on any atom is -0.491 e. The highest BCUT2D eigenvalue weighted by molar-refractivity contribution is 5.41. The smallest absolute Gasteiger partial charge is 0.128 e. The second-order valence-electron chi connectivity index (χ2n) is 5.56. The molecule has 2 rings (SSSR count). The molecule has 0 saturated carbocycles. The number of aryl methyl sites for hydroxylation is 1. The predicted octanol–water partition coefficient (Wildman–Crippen LogP) is 4.46. The van der Waals surface area contributed by atoms with Gasteiger partial charge in [0.25, 0.3) is 0 Å². The molecule has 3 nitrogen and oxygen atoms in total. The lowest BCUT2D eigenvalue weighted by atomic mass is 10.0. The lowest BCUT2D eigenvalue weighted by Crippen LogP contribution is -2.24. The molecule has 1 unspecified atom stereocenters. The molecule has 0 spiro atoms. The van der Waals surface area contributed by atoms with Gasteiger partial charge in [-0.3, -0.25) is 0 Å². The Morgan fingerprint density at radius 1 is 1.19 bits per heavy atom. The second kappa shape index (κ2) is 7.32. The summed E-state index contributed by atoms with van der Waals surface area (Å²) in [7, 11) is 0. The summed E-state index contributed by atoms with van der Waals surface area (Å²) in [6.45, 7) is 9.26. The molecule has 1 N–H and O–H groups in total. The van der Waals surface area contributed by atoms with Gasteiger partial charge in [0.2, 0.25) is 0 Å². The Hall–Kier alpha value is -1.74. The third kappa shape index (κ3) is 3.88. The van der Waals surface area contributed by atoms with Gasteiger partial charge in [0, 0.05) is 5.56 Å². The van der Waals surface area contributed by atoms with E-state index >= 15 is 0 Å². The van der Waals surface area contributed by atoms with Crippen molar-refractivity contribution in [3.8, 4) is 5.75 Å². The van der Waals surface area contributed by atoms with Crippen molar-refractivity contribution < 1.29 is 9.15 Å². The van der Waals surface area contributed by atoms with Gasteiger partial charge in [-0.25, -0.2) is 0 Å². The summed E-state index contributed by atoms with van der Waals surface area (Å²) in [6.07, 6.45) is 2.97. The summed E-state index contributed by atoms with van der Waals surface area (Å²) in [5.74, 6) is 1.88. The molecular formula is C18H25NO2. The highest BCUT2D eigenvalue weighted by Crippen LogP contribution is 2.32. The lowest BCUT2D eigenvalue weighted by Gasteiger charge is -2.22. The van der Waals surface area contributed by atoms with E-state index in [1.807, 2.05) is 38.1 Å². The standard InChI is InChI=1S/C18H25NO2/c1-5-11-19-17(18-14(4)10-12-20-18)15-8-6-7-9-16(15)21-13(2)3/h6-10,12-13,17,19H,5,11H2,1-4H3. The minimum atomic E-state index is 0.0231. The summed E-state index contributed by atoms with van der Waals surface area (Å²) >= 11 is 0. The van der Waals surface area contributed by atoms with Gasteiger partial charge in [-0.1, -0.05) is 25.1 Å². The van der Waals surface area contributed by atoms with Gasteiger partial charge in [0.05, 0.1) is 18.4 Å². The number of rotatable bonds is 7. The number of para-hydroxylation sites is 1. The first kappa shape index (κ1) is 15.6. The topological polar surface area (TPSA) is 34.4 Å². The normalized spacial score (nSPS) is 12.6. The zero-order valence-corrected chi connectivity index (χ0v) is 13.3. The molecule has 0 aliphatic carbocycles. The Bertz CT molecular complexity index is 560. The number of hydrogen-bond donors (Lipinski definition) is 1. The van der Waals surface area contributed by atoms with Crippen molar-refractivity contribution in [2.24, 2.45) is 0 Å². The Labute approximate surface area is 127 Å². The van der Waals surface area contributed by atoms with Crippen LogP contribution in [0.3, 0.4) is 0 Å². The molecule has 0 saturated heterocycles. The van der Waals surface area contributed by atoms with Gasteiger partial charge in [0.1, 0.15) is 11.5 Å². The lowest BCUT2D eigenvalue weighted by molar-refractivity contribution is 0.237. The van der Waals surface area contributed by atoms with Crippen molar-refractivity contribution in [3.05, 3.63) is 53.5 Å². The van der Waals surface area contributed by atoms with E-state index in [1.54, 1.807) is 6.26 Å². The molecule has 3 heteroatoms. The predicted molar refractivity (Wildman–Crippen MR) is 85.8 cm³/mol. The minimum absolute atomic E-state index is 0.0231. The third-order valence-corrected chi connectivity index (χ3v) is 3.36. The molecular weight excluding hydrogens is 262 g/mol. The van der Waals surface area contributed by atoms with E-state index in [4.69, 9.17) is 9.15 Å². The summed E-state index contributed by atoms with van der Waals surface area (Å²) in [4.78, 5) is 0. The second-order valence-corrected chi connectivity index (χ2v) is 5.56.